The van der Waals surface area contributed by atoms with Crippen molar-refractivity contribution in [1.82, 2.24) is 19.3 Å². The van der Waals surface area contributed by atoms with Crippen LogP contribution in [0.2, 0.25) is 0 Å². The van der Waals surface area contributed by atoms with Crippen LogP contribution in [0.3, 0.4) is 0 Å². The molecule has 0 radical (unpaired) electrons. The molecule has 1 N–H and O–H groups in total. The van der Waals surface area contributed by atoms with E-state index in [1.54, 1.807) is 86.9 Å². The predicted octanol–water partition coefficient (Wildman–Crippen LogP) is 5.84. The number of allylic oxidation sites excluding steroid dienone is 2. The number of anilines is 1. The Hall–Kier alpha value is -5.97. The second kappa shape index (κ2) is 13.6. The fraction of sp³-hybridized carbons (Fsp3) is 0.147. The Bertz CT molecular complexity index is 1970. The van der Waals surface area contributed by atoms with Gasteiger partial charge in [0.2, 0.25) is 0 Å². The van der Waals surface area contributed by atoms with Crippen molar-refractivity contribution < 1.29 is 19.0 Å². The van der Waals surface area contributed by atoms with Crippen molar-refractivity contribution in [2.45, 2.75) is 6.92 Å². The molecule has 45 heavy (non-hydrogen) atoms. The number of benzene rings is 2. The van der Waals surface area contributed by atoms with Crippen LogP contribution >= 0.6 is 0 Å². The Kier molecular flexibility index (Phi) is 9.18. The molecule has 0 atom stereocenters. The molecule has 0 spiro atoms. The maximum atomic E-state index is 13.7. The molecule has 2 aromatic carbocycles. The number of nitrogens with zero attached hydrogens (tertiary/aromatic N) is 5. The number of fused-ring (bicyclic) bond motifs is 1. The number of aromatic nitrogens is 4. The molecule has 0 fully saturated rings. The van der Waals surface area contributed by atoms with Crippen LogP contribution < -0.4 is 25.1 Å². The zero-order valence-electron chi connectivity index (χ0n) is 25.4. The molecule has 5 rings (SSSR count). The first-order chi connectivity index (χ1) is 21.9. The van der Waals surface area contributed by atoms with Gasteiger partial charge in [-0.15, -0.1) is 0 Å². The number of hydrogen-bond donors (Lipinski definition) is 1. The Morgan fingerprint density at radius 2 is 1.78 bits per heavy atom. The van der Waals surface area contributed by atoms with Crippen molar-refractivity contribution in [3.05, 3.63) is 113 Å². The van der Waals surface area contributed by atoms with Crippen LogP contribution in [0.5, 0.6) is 23.0 Å². The second-order valence-electron chi connectivity index (χ2n) is 9.72. The minimum absolute atomic E-state index is 0.0650. The highest BCUT2D eigenvalue weighted by Crippen LogP contribution is 2.36. The molecule has 0 aliphatic heterocycles. The minimum atomic E-state index is -0.622. The number of methoxy groups -OCH3 is 2. The summed E-state index contributed by atoms with van der Waals surface area (Å²) in [5.41, 5.74) is 1.57. The van der Waals surface area contributed by atoms with Crippen LogP contribution in [-0.2, 0) is 7.05 Å². The summed E-state index contributed by atoms with van der Waals surface area (Å²) in [6, 6.07) is 17.6. The van der Waals surface area contributed by atoms with Crippen LogP contribution in [0, 0.1) is 0 Å². The SMILES string of the molecule is C=C(/C=C\CN=CC)c1c(C(=O)Nc2ccc(Oc3ccnc4cc(OC)c(OC)cc34)cn2)c(=O)n(-c2ccccc2)n1C. The Balaban J connectivity index is 1.43. The van der Waals surface area contributed by atoms with Gasteiger partial charge in [0.1, 0.15) is 22.9 Å². The van der Waals surface area contributed by atoms with E-state index in [1.807, 2.05) is 31.2 Å². The molecule has 11 heteroatoms. The van der Waals surface area contributed by atoms with Crippen molar-refractivity contribution in [2.75, 3.05) is 26.1 Å². The number of carbonyl (C=O) groups is 1. The number of rotatable bonds is 11. The highest BCUT2D eigenvalue weighted by molar-refractivity contribution is 6.07. The Morgan fingerprint density at radius 1 is 1.02 bits per heavy atom. The standard InChI is InChI=1S/C34H32N6O5/c1-6-35-17-10-11-22(2)32-31(34(42)40(39(32)3)23-12-8-7-9-13-23)33(41)38-30-15-14-24(21-37-30)45-27-16-18-36-26-20-29(44-5)28(43-4)19-25(26)27/h6-16,18-21H,2,17H2,1,3-5H3,(H,37,38,41)/b11-10-,35-6?. The van der Waals surface area contributed by atoms with Gasteiger partial charge in [0, 0.05) is 24.7 Å². The molecule has 0 saturated heterocycles. The van der Waals surface area contributed by atoms with Crippen LogP contribution in [0.15, 0.2) is 102 Å². The lowest BCUT2D eigenvalue weighted by Gasteiger charge is -2.12. The third kappa shape index (κ3) is 6.37. The van der Waals surface area contributed by atoms with Gasteiger partial charge in [0.15, 0.2) is 11.5 Å². The van der Waals surface area contributed by atoms with Gasteiger partial charge in [-0.2, -0.15) is 0 Å². The molecule has 0 unspecified atom stereocenters. The summed E-state index contributed by atoms with van der Waals surface area (Å²) in [6.07, 6.45) is 8.36. The first-order valence-corrected chi connectivity index (χ1v) is 14.0. The monoisotopic (exact) mass is 604 g/mol. The van der Waals surface area contributed by atoms with E-state index < -0.39 is 11.5 Å². The van der Waals surface area contributed by atoms with E-state index in [1.165, 1.54) is 10.9 Å². The first kappa shape index (κ1) is 30.5. The first-order valence-electron chi connectivity index (χ1n) is 14.0. The van der Waals surface area contributed by atoms with Gasteiger partial charge in [0.05, 0.1) is 43.9 Å². The lowest BCUT2D eigenvalue weighted by Crippen LogP contribution is -2.25. The summed E-state index contributed by atoms with van der Waals surface area (Å²) >= 11 is 0. The average Bonchev–Trinajstić information content (AvgIpc) is 3.33. The number of pyridine rings is 2. The van der Waals surface area contributed by atoms with E-state index in [4.69, 9.17) is 14.2 Å². The molecule has 3 heterocycles. The van der Waals surface area contributed by atoms with Crippen LogP contribution in [0.4, 0.5) is 5.82 Å². The van der Waals surface area contributed by atoms with Crippen molar-refractivity contribution >= 4 is 34.4 Å². The van der Waals surface area contributed by atoms with Crippen LogP contribution in [-0.4, -0.2) is 52.2 Å². The van der Waals surface area contributed by atoms with E-state index in [0.29, 0.717) is 52.0 Å². The summed E-state index contributed by atoms with van der Waals surface area (Å²) in [4.78, 5) is 40.3. The molecule has 11 nitrogen and oxygen atoms in total. The molecule has 5 aromatic rings. The second-order valence-corrected chi connectivity index (χ2v) is 9.72. The molecule has 0 aliphatic carbocycles. The highest BCUT2D eigenvalue weighted by Gasteiger charge is 2.26. The third-order valence-corrected chi connectivity index (χ3v) is 6.92. The molecule has 0 saturated carbocycles. The fourth-order valence-electron chi connectivity index (χ4n) is 4.83. The Morgan fingerprint density at radius 3 is 2.47 bits per heavy atom. The van der Waals surface area contributed by atoms with Gasteiger partial charge in [-0.3, -0.25) is 24.2 Å². The van der Waals surface area contributed by atoms with Crippen molar-refractivity contribution in [2.24, 2.45) is 12.0 Å². The lowest BCUT2D eigenvalue weighted by atomic mass is 10.1. The van der Waals surface area contributed by atoms with E-state index in [0.717, 1.165) is 5.39 Å². The molecule has 1 amide bonds. The van der Waals surface area contributed by atoms with Crippen LogP contribution in [0.1, 0.15) is 23.0 Å². The predicted molar refractivity (Wildman–Crippen MR) is 175 cm³/mol. The molecule has 0 bridgehead atoms. The number of ether oxygens (including phenoxy) is 3. The number of nitrogens with one attached hydrogen (secondary N) is 1. The topological polar surface area (TPSA) is 122 Å². The molecular weight excluding hydrogens is 572 g/mol. The number of para-hydroxylation sites is 1. The lowest BCUT2D eigenvalue weighted by molar-refractivity contribution is 0.102. The molecule has 0 aliphatic rings. The number of hydrogen-bond acceptors (Lipinski definition) is 8. The van der Waals surface area contributed by atoms with E-state index in [9.17, 15) is 9.59 Å². The van der Waals surface area contributed by atoms with Gasteiger partial charge in [0.25, 0.3) is 11.5 Å². The maximum absolute atomic E-state index is 13.7. The van der Waals surface area contributed by atoms with Crippen LogP contribution in [0.25, 0.3) is 22.2 Å². The number of aliphatic imine (C=N–C) groups is 1. The van der Waals surface area contributed by atoms with E-state index >= 15 is 0 Å². The third-order valence-electron chi connectivity index (χ3n) is 6.92. The zero-order chi connectivity index (χ0) is 31.9. The van der Waals surface area contributed by atoms with Crippen molar-refractivity contribution in [3.8, 4) is 28.7 Å². The minimum Gasteiger partial charge on any atom is -0.493 e. The largest absolute Gasteiger partial charge is 0.493 e. The number of carbonyl (C=O) groups excluding carboxylic acids is 1. The molecule has 3 aromatic heterocycles. The van der Waals surface area contributed by atoms with Gasteiger partial charge < -0.3 is 19.5 Å². The summed E-state index contributed by atoms with van der Waals surface area (Å²) in [5.74, 6) is 1.67. The van der Waals surface area contributed by atoms with Crippen molar-refractivity contribution in [3.63, 3.8) is 0 Å². The fourth-order valence-corrected chi connectivity index (χ4v) is 4.83. The van der Waals surface area contributed by atoms with Gasteiger partial charge >= 0.3 is 0 Å². The Labute approximate surface area is 259 Å². The normalized spacial score (nSPS) is 11.3. The number of amides is 1. The molecular formula is C34H32N6O5. The van der Waals surface area contributed by atoms with Gasteiger partial charge in [-0.25, -0.2) is 9.67 Å². The summed E-state index contributed by atoms with van der Waals surface area (Å²) in [6.45, 7) is 6.41. The smallest absolute Gasteiger partial charge is 0.284 e. The average molecular weight is 605 g/mol. The van der Waals surface area contributed by atoms with E-state index in [2.05, 4.69) is 26.9 Å². The zero-order valence-corrected chi connectivity index (χ0v) is 25.4. The van der Waals surface area contributed by atoms with Crippen molar-refractivity contribution in [1.29, 1.82) is 0 Å². The van der Waals surface area contributed by atoms with E-state index in [-0.39, 0.29) is 11.4 Å². The van der Waals surface area contributed by atoms with Gasteiger partial charge in [-0.05, 0) is 55.1 Å². The summed E-state index contributed by atoms with van der Waals surface area (Å²) in [7, 11) is 4.83. The summed E-state index contributed by atoms with van der Waals surface area (Å²) < 4.78 is 20.0. The van der Waals surface area contributed by atoms with Gasteiger partial charge in [-0.1, -0.05) is 36.9 Å². The maximum Gasteiger partial charge on any atom is 0.284 e. The highest BCUT2D eigenvalue weighted by atomic mass is 16.5. The quantitative estimate of drug-likeness (QED) is 0.148. The summed E-state index contributed by atoms with van der Waals surface area (Å²) in [5, 5.41) is 3.47. The molecule has 228 valence electrons.